The molecule has 24 heavy (non-hydrogen) atoms. The van der Waals surface area contributed by atoms with Crippen LogP contribution < -0.4 is 9.47 Å². The summed E-state index contributed by atoms with van der Waals surface area (Å²) in [6.45, 7) is 12.4. The van der Waals surface area contributed by atoms with E-state index in [4.69, 9.17) is 22.8 Å². The van der Waals surface area contributed by atoms with Gasteiger partial charge in [-0.1, -0.05) is 12.7 Å². The van der Waals surface area contributed by atoms with Gasteiger partial charge in [0.15, 0.2) is 0 Å². The van der Waals surface area contributed by atoms with E-state index in [9.17, 15) is 0 Å². The van der Waals surface area contributed by atoms with Crippen molar-refractivity contribution in [3.63, 3.8) is 0 Å². The highest BCUT2D eigenvalue weighted by Gasteiger charge is 2.39. The molecule has 0 aliphatic heterocycles. The first-order valence-corrected chi connectivity index (χ1v) is 10.5. The van der Waals surface area contributed by atoms with Crippen LogP contribution in [0.3, 0.4) is 0 Å². The van der Waals surface area contributed by atoms with E-state index in [-0.39, 0.29) is 0 Å². The third-order valence-corrected chi connectivity index (χ3v) is 6.33. The van der Waals surface area contributed by atoms with Gasteiger partial charge >= 0.3 is 8.80 Å². The predicted octanol–water partition coefficient (Wildman–Crippen LogP) is 4.07. The molecule has 0 unspecified atom stereocenters. The van der Waals surface area contributed by atoms with Crippen molar-refractivity contribution in [3.8, 4) is 11.5 Å². The Hall–Kier alpha value is -1.34. The summed E-state index contributed by atoms with van der Waals surface area (Å²) in [5.74, 6) is 1.62. The largest absolute Gasteiger partial charge is 0.501 e. The molecule has 0 aliphatic carbocycles. The Balaban J connectivity index is 2.42. The van der Waals surface area contributed by atoms with Gasteiger partial charge in [0.05, 0.1) is 6.61 Å². The smallest absolute Gasteiger partial charge is 0.494 e. The minimum atomic E-state index is -2.57. The fraction of sp³-hybridized carbons (Fsp3) is 0.556. The van der Waals surface area contributed by atoms with E-state index in [1.54, 1.807) is 6.08 Å². The van der Waals surface area contributed by atoms with Crippen molar-refractivity contribution < 1.29 is 22.8 Å². The minimum absolute atomic E-state index is 0.499. The van der Waals surface area contributed by atoms with Gasteiger partial charge in [0.25, 0.3) is 0 Å². The zero-order valence-electron chi connectivity index (χ0n) is 15.1. The van der Waals surface area contributed by atoms with Gasteiger partial charge in [-0.3, -0.25) is 0 Å². The second kappa shape index (κ2) is 12.1. The normalized spacial score (nSPS) is 11.3. The van der Waals surface area contributed by atoms with E-state index in [2.05, 4.69) is 6.58 Å². The Morgan fingerprint density at radius 1 is 0.875 bits per heavy atom. The fourth-order valence-electron chi connectivity index (χ4n) is 2.27. The topological polar surface area (TPSA) is 46.2 Å². The highest BCUT2D eigenvalue weighted by atomic mass is 28.4. The third-order valence-electron chi connectivity index (χ3n) is 3.18. The predicted molar refractivity (Wildman–Crippen MR) is 97.7 cm³/mol. The molecular formula is C18H30O5Si. The van der Waals surface area contributed by atoms with E-state index in [1.807, 2.05) is 45.0 Å². The highest BCUT2D eigenvalue weighted by Crippen LogP contribution is 2.20. The van der Waals surface area contributed by atoms with Gasteiger partial charge in [-0.15, -0.1) is 0 Å². The molecule has 0 N–H and O–H groups in total. The van der Waals surface area contributed by atoms with Gasteiger partial charge in [-0.2, -0.15) is 0 Å². The van der Waals surface area contributed by atoms with Crippen LogP contribution in [-0.4, -0.2) is 41.8 Å². The quantitative estimate of drug-likeness (QED) is 0.286. The van der Waals surface area contributed by atoms with Crippen LogP contribution in [0.2, 0.25) is 6.04 Å². The SMILES string of the molecule is C=CCOc1ccc(OCCC[Si](OCC)(OCC)OCC)cc1. The van der Waals surface area contributed by atoms with Crippen LogP contribution in [0.15, 0.2) is 36.9 Å². The molecule has 0 saturated carbocycles. The van der Waals surface area contributed by atoms with Gasteiger partial charge in [0, 0.05) is 25.9 Å². The molecule has 1 aromatic rings. The van der Waals surface area contributed by atoms with E-state index in [0.717, 1.165) is 24.0 Å². The summed E-state index contributed by atoms with van der Waals surface area (Å²) in [5.41, 5.74) is 0. The second-order valence-corrected chi connectivity index (χ2v) is 7.74. The van der Waals surface area contributed by atoms with Crippen molar-refractivity contribution in [1.82, 2.24) is 0 Å². The van der Waals surface area contributed by atoms with Crippen LogP contribution in [-0.2, 0) is 13.3 Å². The van der Waals surface area contributed by atoms with Crippen molar-refractivity contribution in [1.29, 1.82) is 0 Å². The Morgan fingerprint density at radius 2 is 1.38 bits per heavy atom. The molecular weight excluding hydrogens is 324 g/mol. The van der Waals surface area contributed by atoms with Crippen LogP contribution in [0.4, 0.5) is 0 Å². The zero-order valence-corrected chi connectivity index (χ0v) is 16.1. The lowest BCUT2D eigenvalue weighted by Gasteiger charge is -2.28. The van der Waals surface area contributed by atoms with Crippen molar-refractivity contribution in [2.24, 2.45) is 0 Å². The van der Waals surface area contributed by atoms with Crippen LogP contribution in [0, 0.1) is 0 Å². The molecule has 0 aliphatic rings. The summed E-state index contributed by atoms with van der Waals surface area (Å²) >= 11 is 0. The van der Waals surface area contributed by atoms with Gasteiger partial charge in [0.1, 0.15) is 18.1 Å². The number of benzene rings is 1. The van der Waals surface area contributed by atoms with Crippen LogP contribution >= 0.6 is 0 Å². The molecule has 1 aromatic carbocycles. The maximum Gasteiger partial charge on any atom is 0.501 e. The Labute approximate surface area is 146 Å². The lowest BCUT2D eigenvalue weighted by molar-refractivity contribution is 0.0696. The van der Waals surface area contributed by atoms with Crippen LogP contribution in [0.5, 0.6) is 11.5 Å². The number of rotatable bonds is 14. The summed E-state index contributed by atoms with van der Waals surface area (Å²) in [6.07, 6.45) is 2.54. The highest BCUT2D eigenvalue weighted by molar-refractivity contribution is 6.60. The maximum atomic E-state index is 5.83. The fourth-order valence-corrected chi connectivity index (χ4v) is 4.85. The lowest BCUT2D eigenvalue weighted by atomic mass is 10.3. The molecule has 6 heteroatoms. The molecule has 0 amide bonds. The molecule has 5 nitrogen and oxygen atoms in total. The second-order valence-electron chi connectivity index (χ2n) is 5.01. The number of ether oxygens (including phenoxy) is 2. The molecule has 0 saturated heterocycles. The number of hydrogen-bond donors (Lipinski definition) is 0. The average Bonchev–Trinajstić information content (AvgIpc) is 2.59. The summed E-state index contributed by atoms with van der Waals surface area (Å²) in [6, 6.07) is 8.33. The van der Waals surface area contributed by atoms with Crippen molar-refractivity contribution in [2.75, 3.05) is 33.0 Å². The number of hydrogen-bond acceptors (Lipinski definition) is 5. The van der Waals surface area contributed by atoms with Gasteiger partial charge in [-0.25, -0.2) is 0 Å². The summed E-state index contributed by atoms with van der Waals surface area (Å²) in [4.78, 5) is 0. The lowest BCUT2D eigenvalue weighted by Crippen LogP contribution is -2.46. The maximum absolute atomic E-state index is 5.83. The Morgan fingerprint density at radius 3 is 1.83 bits per heavy atom. The molecule has 0 spiro atoms. The standard InChI is InChI=1S/C18H30O5Si/c1-5-14-19-17-10-12-18(13-11-17)20-15-9-16-24(21-6-2,22-7-3)23-8-4/h5,10-13H,1,6-9,14-16H2,2-4H3. The first-order chi connectivity index (χ1) is 11.7. The minimum Gasteiger partial charge on any atom is -0.494 e. The van der Waals surface area contributed by atoms with Crippen molar-refractivity contribution in [3.05, 3.63) is 36.9 Å². The third kappa shape index (κ3) is 7.48. The monoisotopic (exact) mass is 354 g/mol. The molecule has 136 valence electrons. The van der Waals surface area contributed by atoms with Crippen LogP contribution in [0.1, 0.15) is 27.2 Å². The van der Waals surface area contributed by atoms with Crippen molar-refractivity contribution >= 4 is 8.80 Å². The summed E-state index contributed by atoms with van der Waals surface area (Å²) in [5, 5.41) is 0. The molecule has 0 fully saturated rings. The van der Waals surface area contributed by atoms with Gasteiger partial charge in [-0.05, 0) is 51.5 Å². The molecule has 0 bridgehead atoms. The summed E-state index contributed by atoms with van der Waals surface area (Å²) < 4.78 is 28.7. The molecule has 0 aromatic heterocycles. The average molecular weight is 355 g/mol. The molecule has 0 radical (unpaired) electrons. The van der Waals surface area contributed by atoms with Crippen LogP contribution in [0.25, 0.3) is 0 Å². The van der Waals surface area contributed by atoms with Crippen molar-refractivity contribution in [2.45, 2.75) is 33.2 Å². The first kappa shape index (κ1) is 20.7. The van der Waals surface area contributed by atoms with Gasteiger partial charge in [0.2, 0.25) is 0 Å². The van der Waals surface area contributed by atoms with E-state index in [1.165, 1.54) is 0 Å². The Kier molecular flexibility index (Phi) is 10.4. The summed E-state index contributed by atoms with van der Waals surface area (Å²) in [7, 11) is -2.57. The first-order valence-electron chi connectivity index (χ1n) is 8.58. The molecule has 0 heterocycles. The zero-order chi connectivity index (χ0) is 17.7. The van der Waals surface area contributed by atoms with Gasteiger partial charge < -0.3 is 22.8 Å². The Bertz CT molecular complexity index is 432. The molecule has 0 atom stereocenters. The van der Waals surface area contributed by atoms with E-state index >= 15 is 0 Å². The molecule has 1 rings (SSSR count). The van der Waals surface area contributed by atoms with E-state index in [0.29, 0.717) is 33.0 Å². The van der Waals surface area contributed by atoms with E-state index < -0.39 is 8.80 Å².